The molecule has 1 heterocycles. The van der Waals surface area contributed by atoms with E-state index in [1.807, 2.05) is 24.3 Å². The van der Waals surface area contributed by atoms with Crippen LogP contribution >= 0.6 is 22.9 Å². The molecule has 160 valence electrons. The molecule has 0 spiro atoms. The summed E-state index contributed by atoms with van der Waals surface area (Å²) in [6.45, 7) is -0.589. The van der Waals surface area contributed by atoms with Crippen LogP contribution in [-0.4, -0.2) is 29.0 Å². The molecule has 7 heteroatoms. The first-order valence-electron chi connectivity index (χ1n) is 9.84. The van der Waals surface area contributed by atoms with Gasteiger partial charge in [-0.1, -0.05) is 17.7 Å². The van der Waals surface area contributed by atoms with Crippen molar-refractivity contribution in [2.24, 2.45) is 5.73 Å². The maximum Gasteiger partial charge on any atom is 0.195 e. The summed E-state index contributed by atoms with van der Waals surface area (Å²) in [5.41, 5.74) is 5.84. The molecule has 3 aromatic carbocycles. The van der Waals surface area contributed by atoms with E-state index in [1.165, 1.54) is 11.3 Å². The van der Waals surface area contributed by atoms with Gasteiger partial charge in [0.2, 0.25) is 0 Å². The van der Waals surface area contributed by atoms with Gasteiger partial charge in [0.25, 0.3) is 0 Å². The van der Waals surface area contributed by atoms with Crippen LogP contribution in [0.4, 0.5) is 0 Å². The quantitative estimate of drug-likeness (QED) is 0.357. The number of aliphatic hydroxyl groups excluding tert-OH is 2. The summed E-state index contributed by atoms with van der Waals surface area (Å²) in [4.78, 5) is 13.1. The molecular weight excluding hydrogens is 434 g/mol. The largest absolute Gasteiger partial charge is 0.457 e. The first-order chi connectivity index (χ1) is 14.9. The fourth-order valence-electron chi connectivity index (χ4n) is 3.34. The summed E-state index contributed by atoms with van der Waals surface area (Å²) in [5.74, 6) is 1.32. The van der Waals surface area contributed by atoms with Gasteiger partial charge in [-0.15, -0.1) is 11.3 Å². The lowest BCUT2D eigenvalue weighted by Crippen LogP contribution is -2.47. The molecule has 1 aromatic heterocycles. The molecule has 0 aliphatic heterocycles. The molecule has 0 unspecified atom stereocenters. The Morgan fingerprint density at radius 3 is 2.32 bits per heavy atom. The minimum Gasteiger partial charge on any atom is -0.457 e. The number of fused-ring (bicyclic) bond motifs is 2. The minimum absolute atomic E-state index is 0.0352. The number of nitrogens with two attached hydrogens (primary N) is 1. The second kappa shape index (κ2) is 8.94. The maximum absolute atomic E-state index is 13.1. The topological polar surface area (TPSA) is 92.8 Å². The lowest BCUT2D eigenvalue weighted by molar-refractivity contribution is 0.115. The lowest BCUT2D eigenvalue weighted by atomic mass is 9.93. The Kier molecular flexibility index (Phi) is 6.27. The third-order valence-electron chi connectivity index (χ3n) is 5.30. The molecule has 0 saturated heterocycles. The smallest absolute Gasteiger partial charge is 0.195 e. The zero-order chi connectivity index (χ0) is 22.0. The Labute approximate surface area is 188 Å². The highest BCUT2D eigenvalue weighted by Crippen LogP contribution is 2.31. The fraction of sp³-hybridized carbons (Fsp3) is 0.208. The molecule has 0 aliphatic rings. The lowest BCUT2D eigenvalue weighted by Gasteiger charge is -2.24. The number of ether oxygens (including phenoxy) is 1. The van der Waals surface area contributed by atoms with Crippen LogP contribution in [0.2, 0.25) is 5.02 Å². The normalized spacial score (nSPS) is 11.9. The Morgan fingerprint density at radius 2 is 1.61 bits per heavy atom. The van der Waals surface area contributed by atoms with Crippen LogP contribution < -0.4 is 15.9 Å². The monoisotopic (exact) mass is 455 g/mol. The highest BCUT2D eigenvalue weighted by atomic mass is 35.5. The third kappa shape index (κ3) is 4.74. The molecular formula is C24H22ClNO4S. The molecule has 0 bridgehead atoms. The molecule has 0 aliphatic carbocycles. The van der Waals surface area contributed by atoms with Crippen LogP contribution in [0, 0.1) is 0 Å². The summed E-state index contributed by atoms with van der Waals surface area (Å²) in [6.07, 6.45) is 0.978. The Hall–Kier alpha value is -2.48. The van der Waals surface area contributed by atoms with E-state index >= 15 is 0 Å². The number of aryl methyl sites for hydroxylation is 1. The molecule has 4 aromatic rings. The number of hydrogen-bond acceptors (Lipinski definition) is 6. The molecule has 0 radical (unpaired) electrons. The summed E-state index contributed by atoms with van der Waals surface area (Å²) in [7, 11) is 0. The second-order valence-electron chi connectivity index (χ2n) is 7.65. The van der Waals surface area contributed by atoms with E-state index in [0.29, 0.717) is 40.1 Å². The van der Waals surface area contributed by atoms with Gasteiger partial charge in [0.1, 0.15) is 11.5 Å². The van der Waals surface area contributed by atoms with Gasteiger partial charge in [-0.05, 0) is 73.0 Å². The van der Waals surface area contributed by atoms with Crippen molar-refractivity contribution < 1.29 is 14.9 Å². The van der Waals surface area contributed by atoms with E-state index < -0.39 is 5.54 Å². The van der Waals surface area contributed by atoms with E-state index in [0.717, 1.165) is 15.0 Å². The van der Waals surface area contributed by atoms with Crippen molar-refractivity contribution in [3.05, 3.63) is 81.5 Å². The second-order valence-corrected chi connectivity index (χ2v) is 9.17. The highest BCUT2D eigenvalue weighted by molar-refractivity contribution is 7.24. The van der Waals surface area contributed by atoms with Crippen LogP contribution in [0.25, 0.3) is 20.2 Å². The number of benzene rings is 3. The zero-order valence-corrected chi connectivity index (χ0v) is 18.2. The van der Waals surface area contributed by atoms with Crippen molar-refractivity contribution in [1.29, 1.82) is 0 Å². The maximum atomic E-state index is 13.1. The van der Waals surface area contributed by atoms with E-state index in [1.54, 1.807) is 36.4 Å². The Bertz CT molecular complexity index is 1280. The molecule has 4 N–H and O–H groups in total. The van der Waals surface area contributed by atoms with Gasteiger partial charge in [-0.3, -0.25) is 4.79 Å². The van der Waals surface area contributed by atoms with Gasteiger partial charge in [0.15, 0.2) is 5.43 Å². The van der Waals surface area contributed by atoms with Gasteiger partial charge in [-0.2, -0.15) is 0 Å². The van der Waals surface area contributed by atoms with Crippen molar-refractivity contribution in [2.45, 2.75) is 18.4 Å². The molecule has 4 rings (SSSR count). The van der Waals surface area contributed by atoms with Gasteiger partial charge in [-0.25, -0.2) is 0 Å². The molecule has 0 fully saturated rings. The number of hydrogen-bond donors (Lipinski definition) is 3. The van der Waals surface area contributed by atoms with Crippen molar-refractivity contribution in [3.63, 3.8) is 0 Å². The van der Waals surface area contributed by atoms with Gasteiger partial charge >= 0.3 is 0 Å². The van der Waals surface area contributed by atoms with E-state index in [-0.39, 0.29) is 18.6 Å². The Morgan fingerprint density at radius 1 is 0.903 bits per heavy atom. The van der Waals surface area contributed by atoms with Crippen LogP contribution in [-0.2, 0) is 6.42 Å². The first-order valence-corrected chi connectivity index (χ1v) is 11.0. The first kappa shape index (κ1) is 21.7. The van der Waals surface area contributed by atoms with E-state index in [2.05, 4.69) is 0 Å². The zero-order valence-electron chi connectivity index (χ0n) is 16.7. The van der Waals surface area contributed by atoms with Crippen molar-refractivity contribution in [2.75, 3.05) is 13.2 Å². The van der Waals surface area contributed by atoms with Crippen LogP contribution in [0.15, 0.2) is 65.5 Å². The fourth-order valence-corrected chi connectivity index (χ4v) is 4.55. The van der Waals surface area contributed by atoms with E-state index in [4.69, 9.17) is 22.1 Å². The summed E-state index contributed by atoms with van der Waals surface area (Å²) in [6, 6.07) is 18.3. The summed E-state index contributed by atoms with van der Waals surface area (Å²) in [5, 5.41) is 20.7. The van der Waals surface area contributed by atoms with Crippen molar-refractivity contribution in [3.8, 4) is 11.5 Å². The van der Waals surface area contributed by atoms with Gasteiger partial charge in [0, 0.05) is 25.2 Å². The minimum atomic E-state index is -1.03. The van der Waals surface area contributed by atoms with Crippen molar-refractivity contribution in [1.82, 2.24) is 0 Å². The van der Waals surface area contributed by atoms with Gasteiger partial charge in [0.05, 0.1) is 18.8 Å². The average molecular weight is 456 g/mol. The standard InChI is InChI=1S/C24H22ClNO4S/c25-16-2-4-17(5-3-16)30-18-6-7-19-22(12-18)31-21-8-1-15(11-20(21)23(19)29)9-10-24(26,13-27)14-28/h1-8,11-12,27-28H,9-10,13-14,26H2. The van der Waals surface area contributed by atoms with Crippen molar-refractivity contribution >= 4 is 43.1 Å². The number of aliphatic hydroxyl groups is 2. The molecule has 0 atom stereocenters. The van der Waals surface area contributed by atoms with Crippen LogP contribution in [0.3, 0.4) is 0 Å². The van der Waals surface area contributed by atoms with Crippen LogP contribution in [0.1, 0.15) is 12.0 Å². The highest BCUT2D eigenvalue weighted by Gasteiger charge is 2.22. The molecule has 31 heavy (non-hydrogen) atoms. The number of rotatable bonds is 7. The number of halogens is 1. The molecule has 5 nitrogen and oxygen atoms in total. The van der Waals surface area contributed by atoms with Gasteiger partial charge < -0.3 is 20.7 Å². The Balaban J connectivity index is 1.65. The summed E-state index contributed by atoms with van der Waals surface area (Å²) < 4.78 is 7.62. The average Bonchev–Trinajstić information content (AvgIpc) is 2.79. The predicted molar refractivity (Wildman–Crippen MR) is 127 cm³/mol. The SMILES string of the molecule is NC(CO)(CO)CCc1ccc2sc3cc(Oc4ccc(Cl)cc4)ccc3c(=O)c2c1. The van der Waals surface area contributed by atoms with Crippen LogP contribution in [0.5, 0.6) is 11.5 Å². The molecule has 0 saturated carbocycles. The van der Waals surface area contributed by atoms with E-state index in [9.17, 15) is 15.0 Å². The molecule has 0 amide bonds. The predicted octanol–water partition coefficient (Wildman–Crippen LogP) is 4.48. The summed E-state index contributed by atoms with van der Waals surface area (Å²) >= 11 is 7.44. The third-order valence-corrected chi connectivity index (χ3v) is 6.68.